The van der Waals surface area contributed by atoms with E-state index in [1.54, 1.807) is 6.26 Å². The van der Waals surface area contributed by atoms with E-state index in [0.29, 0.717) is 28.9 Å². The zero-order valence-electron chi connectivity index (χ0n) is 18.5. The molecule has 0 radical (unpaired) electrons. The van der Waals surface area contributed by atoms with Crippen molar-refractivity contribution in [1.29, 1.82) is 0 Å². The number of ether oxygens (including phenoxy) is 1. The molecule has 0 aliphatic heterocycles. The SMILES string of the molecule is C=CC(=O)NCc1cc(-c2ccc(C(F)(F)F)cc2)c(C)c(O/C=C(\C)CC)c1CCO. The van der Waals surface area contributed by atoms with Crippen molar-refractivity contribution in [2.45, 2.75) is 46.3 Å². The van der Waals surface area contributed by atoms with Crippen molar-refractivity contribution in [2.24, 2.45) is 0 Å². The van der Waals surface area contributed by atoms with E-state index >= 15 is 0 Å². The molecule has 172 valence electrons. The number of amides is 1. The summed E-state index contributed by atoms with van der Waals surface area (Å²) in [5, 5.41) is 12.3. The molecule has 2 aromatic carbocycles. The van der Waals surface area contributed by atoms with Crippen LogP contribution in [0.5, 0.6) is 5.75 Å². The number of aliphatic hydroxyl groups excluding tert-OH is 1. The molecule has 1 amide bonds. The minimum absolute atomic E-state index is 0.131. The number of alkyl halides is 3. The Morgan fingerprint density at radius 2 is 1.91 bits per heavy atom. The predicted molar refractivity (Wildman–Crippen MR) is 119 cm³/mol. The fraction of sp³-hybridized carbons (Fsp3) is 0.320. The zero-order chi connectivity index (χ0) is 23.9. The molecule has 4 nitrogen and oxygen atoms in total. The molecule has 0 unspecified atom stereocenters. The lowest BCUT2D eigenvalue weighted by Crippen LogP contribution is -2.21. The number of allylic oxidation sites excluding steroid dienone is 1. The Labute approximate surface area is 186 Å². The van der Waals surface area contributed by atoms with E-state index in [1.165, 1.54) is 12.1 Å². The van der Waals surface area contributed by atoms with Gasteiger partial charge in [0.05, 0.1) is 11.8 Å². The maximum absolute atomic E-state index is 13.0. The Balaban J connectivity index is 2.66. The highest BCUT2D eigenvalue weighted by Gasteiger charge is 2.30. The number of halogens is 3. The number of carbonyl (C=O) groups excluding carboxylic acids is 1. The predicted octanol–water partition coefficient (Wildman–Crippen LogP) is 5.71. The van der Waals surface area contributed by atoms with E-state index in [0.717, 1.165) is 41.3 Å². The summed E-state index contributed by atoms with van der Waals surface area (Å²) in [6.45, 7) is 9.20. The van der Waals surface area contributed by atoms with E-state index in [4.69, 9.17) is 4.74 Å². The highest BCUT2D eigenvalue weighted by atomic mass is 19.4. The molecule has 0 atom stereocenters. The quantitative estimate of drug-likeness (QED) is 0.382. The Bertz CT molecular complexity index is 993. The summed E-state index contributed by atoms with van der Waals surface area (Å²) in [6, 6.07) is 6.73. The molecule has 7 heteroatoms. The highest BCUT2D eigenvalue weighted by molar-refractivity contribution is 5.86. The van der Waals surface area contributed by atoms with Gasteiger partial charge in [-0.25, -0.2) is 0 Å². The second-order valence-electron chi connectivity index (χ2n) is 7.42. The minimum Gasteiger partial charge on any atom is -0.464 e. The van der Waals surface area contributed by atoms with E-state index in [1.807, 2.05) is 26.8 Å². The average molecular weight is 447 g/mol. The third kappa shape index (κ3) is 6.23. The van der Waals surface area contributed by atoms with Crippen molar-refractivity contribution in [3.63, 3.8) is 0 Å². The monoisotopic (exact) mass is 447 g/mol. The molecule has 0 bridgehead atoms. The minimum atomic E-state index is -4.42. The molecule has 0 saturated heterocycles. The van der Waals surface area contributed by atoms with Gasteiger partial charge < -0.3 is 15.2 Å². The fourth-order valence-electron chi connectivity index (χ4n) is 3.20. The summed E-state index contributed by atoms with van der Waals surface area (Å²) in [5.41, 5.74) is 3.70. The number of rotatable bonds is 9. The van der Waals surface area contributed by atoms with Gasteiger partial charge in [0.2, 0.25) is 5.91 Å². The van der Waals surface area contributed by atoms with Crippen LogP contribution < -0.4 is 10.1 Å². The number of aliphatic hydroxyl groups is 1. The standard InChI is InChI=1S/C25H28F3NO3/c1-5-16(3)15-32-24-17(4)22(18-7-9-20(10-8-18)25(26,27)28)13-19(21(24)11-12-30)14-29-23(31)6-2/h6-10,13,15,30H,2,5,11-12,14H2,1,3-4H3,(H,29,31)/b16-15+. The first-order valence-corrected chi connectivity index (χ1v) is 10.3. The first-order valence-electron chi connectivity index (χ1n) is 10.3. The van der Waals surface area contributed by atoms with Gasteiger partial charge >= 0.3 is 6.18 Å². The summed E-state index contributed by atoms with van der Waals surface area (Å²) in [5.74, 6) is 0.160. The topological polar surface area (TPSA) is 58.6 Å². The Morgan fingerprint density at radius 1 is 1.25 bits per heavy atom. The van der Waals surface area contributed by atoms with Crippen LogP contribution in [0.2, 0.25) is 0 Å². The van der Waals surface area contributed by atoms with Gasteiger partial charge in [-0.15, -0.1) is 0 Å². The van der Waals surface area contributed by atoms with E-state index in [9.17, 15) is 23.1 Å². The van der Waals surface area contributed by atoms with Gasteiger partial charge in [0, 0.05) is 18.7 Å². The van der Waals surface area contributed by atoms with Crippen LogP contribution in [0.25, 0.3) is 11.1 Å². The van der Waals surface area contributed by atoms with Gasteiger partial charge in [-0.1, -0.05) is 25.6 Å². The van der Waals surface area contributed by atoms with Gasteiger partial charge in [-0.05, 0) is 78.8 Å². The lowest BCUT2D eigenvalue weighted by molar-refractivity contribution is -0.137. The summed E-state index contributed by atoms with van der Waals surface area (Å²) in [6.07, 6.45) is -0.556. The summed E-state index contributed by atoms with van der Waals surface area (Å²) in [4.78, 5) is 11.7. The Kier molecular flexibility index (Phi) is 8.66. The van der Waals surface area contributed by atoms with Gasteiger partial charge in [-0.3, -0.25) is 4.79 Å². The van der Waals surface area contributed by atoms with Crippen LogP contribution in [-0.4, -0.2) is 17.6 Å². The normalized spacial score (nSPS) is 11.9. The molecule has 0 aromatic heterocycles. The molecule has 0 spiro atoms. The molecule has 2 N–H and O–H groups in total. The number of hydrogen-bond acceptors (Lipinski definition) is 3. The number of benzene rings is 2. The van der Waals surface area contributed by atoms with Crippen molar-refractivity contribution in [2.75, 3.05) is 6.61 Å². The molecule has 0 aliphatic carbocycles. The van der Waals surface area contributed by atoms with Crippen LogP contribution in [0, 0.1) is 6.92 Å². The Hall–Kier alpha value is -3.06. The van der Waals surface area contributed by atoms with Gasteiger partial charge in [-0.2, -0.15) is 13.2 Å². The largest absolute Gasteiger partial charge is 0.464 e. The summed E-state index contributed by atoms with van der Waals surface area (Å²) in [7, 11) is 0. The molecule has 0 saturated carbocycles. The molecule has 2 rings (SSSR count). The van der Waals surface area contributed by atoms with Crippen molar-refractivity contribution >= 4 is 5.91 Å². The maximum atomic E-state index is 13.0. The van der Waals surface area contributed by atoms with E-state index < -0.39 is 11.7 Å². The average Bonchev–Trinajstić information content (AvgIpc) is 2.77. The Morgan fingerprint density at radius 3 is 2.44 bits per heavy atom. The number of nitrogens with one attached hydrogen (secondary N) is 1. The van der Waals surface area contributed by atoms with Gasteiger partial charge in [0.15, 0.2) is 0 Å². The smallest absolute Gasteiger partial charge is 0.416 e. The highest BCUT2D eigenvalue weighted by Crippen LogP contribution is 2.38. The van der Waals surface area contributed by atoms with Crippen LogP contribution in [-0.2, 0) is 23.9 Å². The molecule has 0 fully saturated rings. The number of hydrogen-bond donors (Lipinski definition) is 2. The zero-order valence-corrected chi connectivity index (χ0v) is 18.5. The molecule has 0 heterocycles. The van der Waals surface area contributed by atoms with Crippen LogP contribution in [0.3, 0.4) is 0 Å². The van der Waals surface area contributed by atoms with Gasteiger partial charge in [0.1, 0.15) is 5.75 Å². The van der Waals surface area contributed by atoms with Gasteiger partial charge in [0.25, 0.3) is 0 Å². The van der Waals surface area contributed by atoms with Crippen LogP contribution >= 0.6 is 0 Å². The molecular weight excluding hydrogens is 419 g/mol. The molecular formula is C25H28F3NO3. The third-order valence-corrected chi connectivity index (χ3v) is 5.18. The van der Waals surface area contributed by atoms with Crippen LogP contribution in [0.1, 0.15) is 42.5 Å². The molecule has 2 aromatic rings. The lowest BCUT2D eigenvalue weighted by Gasteiger charge is -2.20. The summed E-state index contributed by atoms with van der Waals surface area (Å²) >= 11 is 0. The second-order valence-corrected chi connectivity index (χ2v) is 7.42. The maximum Gasteiger partial charge on any atom is 0.416 e. The second kappa shape index (κ2) is 11.0. The van der Waals surface area contributed by atoms with Crippen molar-refractivity contribution in [3.8, 4) is 16.9 Å². The van der Waals surface area contributed by atoms with E-state index in [2.05, 4.69) is 11.9 Å². The van der Waals surface area contributed by atoms with Crippen molar-refractivity contribution < 1.29 is 27.8 Å². The first-order chi connectivity index (χ1) is 15.1. The van der Waals surface area contributed by atoms with Crippen molar-refractivity contribution in [3.05, 3.63) is 77.1 Å². The fourth-order valence-corrected chi connectivity index (χ4v) is 3.20. The molecule has 32 heavy (non-hydrogen) atoms. The van der Waals surface area contributed by atoms with Crippen LogP contribution in [0.15, 0.2) is 54.8 Å². The lowest BCUT2D eigenvalue weighted by atomic mass is 9.91. The van der Waals surface area contributed by atoms with Crippen molar-refractivity contribution in [1.82, 2.24) is 5.32 Å². The number of carbonyl (C=O) groups is 1. The van der Waals surface area contributed by atoms with Crippen LogP contribution in [0.4, 0.5) is 13.2 Å². The third-order valence-electron chi connectivity index (χ3n) is 5.18. The summed E-state index contributed by atoms with van der Waals surface area (Å²) < 4.78 is 45.0. The molecule has 0 aliphatic rings. The first kappa shape index (κ1) is 25.2. The van der Waals surface area contributed by atoms with E-state index in [-0.39, 0.29) is 19.1 Å².